The van der Waals surface area contributed by atoms with Crippen LogP contribution in [0.1, 0.15) is 28.7 Å². The molecule has 0 unspecified atom stereocenters. The Balaban J connectivity index is 1.96. The Labute approximate surface area is 112 Å². The summed E-state index contributed by atoms with van der Waals surface area (Å²) < 4.78 is 38.7. The van der Waals surface area contributed by atoms with Gasteiger partial charge in [0.2, 0.25) is 0 Å². The van der Waals surface area contributed by atoms with Crippen LogP contribution in [-0.2, 0) is 19.3 Å². The zero-order valence-corrected chi connectivity index (χ0v) is 10.5. The number of aryl methyl sites for hydroxylation is 1. The van der Waals surface area contributed by atoms with E-state index in [1.54, 1.807) is 22.2 Å². The normalized spacial score (nSPS) is 11.6. The Morgan fingerprint density at radius 1 is 1.50 bits per heavy atom. The molecule has 20 heavy (non-hydrogen) atoms. The summed E-state index contributed by atoms with van der Waals surface area (Å²) in [5.41, 5.74) is -0.603. The number of aromatic amines is 1. The maximum atomic E-state index is 12.3. The number of hydrogen-bond donors (Lipinski definition) is 2. The van der Waals surface area contributed by atoms with Gasteiger partial charge in [0, 0.05) is 30.9 Å². The Bertz CT molecular complexity index is 601. The van der Waals surface area contributed by atoms with Crippen LogP contribution < -0.4 is 5.32 Å². The molecule has 2 rings (SSSR count). The number of carbonyl (C=O) groups excluding carboxylic acids is 1. The number of aromatic nitrogens is 4. The van der Waals surface area contributed by atoms with Gasteiger partial charge < -0.3 is 5.32 Å². The minimum Gasteiger partial charge on any atom is -0.346 e. The molecule has 0 saturated heterocycles. The summed E-state index contributed by atoms with van der Waals surface area (Å²) >= 11 is 0. The van der Waals surface area contributed by atoms with Crippen LogP contribution in [0.3, 0.4) is 0 Å². The average molecular weight is 287 g/mol. The lowest BCUT2D eigenvalue weighted by molar-refractivity contribution is -0.141. The molecule has 0 aliphatic heterocycles. The standard InChI is InChI=1S/C11H12F3N5O/c1-2-19-6-7(5-16-19)4-15-10(20)8-3-9(18-17-8)11(12,13)14/h3,5-6H,2,4H2,1H3,(H,15,20)(H,17,18). The minimum absolute atomic E-state index is 0.174. The van der Waals surface area contributed by atoms with E-state index in [4.69, 9.17) is 0 Å². The van der Waals surface area contributed by atoms with Gasteiger partial charge in [0.05, 0.1) is 6.20 Å². The van der Waals surface area contributed by atoms with Crippen LogP contribution in [0.15, 0.2) is 18.5 Å². The predicted molar refractivity (Wildman–Crippen MR) is 62.7 cm³/mol. The lowest BCUT2D eigenvalue weighted by Crippen LogP contribution is -2.23. The number of carbonyl (C=O) groups is 1. The predicted octanol–water partition coefficient (Wildman–Crippen LogP) is 1.57. The van der Waals surface area contributed by atoms with E-state index in [0.717, 1.165) is 5.56 Å². The fraction of sp³-hybridized carbons (Fsp3) is 0.364. The summed E-state index contributed by atoms with van der Waals surface area (Å²) in [4.78, 5) is 11.6. The van der Waals surface area contributed by atoms with Crippen molar-refractivity contribution < 1.29 is 18.0 Å². The monoisotopic (exact) mass is 287 g/mol. The second-order valence-corrected chi connectivity index (χ2v) is 4.05. The number of hydrogen-bond acceptors (Lipinski definition) is 3. The Kier molecular flexibility index (Phi) is 3.77. The fourth-order valence-electron chi connectivity index (χ4n) is 1.53. The number of amides is 1. The maximum absolute atomic E-state index is 12.3. The molecule has 0 aromatic carbocycles. The van der Waals surface area contributed by atoms with Crippen LogP contribution in [0.2, 0.25) is 0 Å². The number of nitrogens with one attached hydrogen (secondary N) is 2. The van der Waals surface area contributed by atoms with E-state index in [0.29, 0.717) is 12.6 Å². The molecule has 0 bridgehead atoms. The van der Waals surface area contributed by atoms with E-state index < -0.39 is 17.8 Å². The molecule has 0 atom stereocenters. The molecule has 0 spiro atoms. The van der Waals surface area contributed by atoms with Gasteiger partial charge in [0.15, 0.2) is 5.69 Å². The van der Waals surface area contributed by atoms with Gasteiger partial charge in [0.25, 0.3) is 5.91 Å². The van der Waals surface area contributed by atoms with Gasteiger partial charge in [-0.3, -0.25) is 14.6 Å². The molecule has 0 saturated carbocycles. The molecule has 0 radical (unpaired) electrons. The largest absolute Gasteiger partial charge is 0.432 e. The van der Waals surface area contributed by atoms with Crippen LogP contribution >= 0.6 is 0 Å². The van der Waals surface area contributed by atoms with Gasteiger partial charge in [-0.05, 0) is 6.92 Å². The molecule has 2 aromatic rings. The summed E-state index contributed by atoms with van der Waals surface area (Å²) in [7, 11) is 0. The summed E-state index contributed by atoms with van der Waals surface area (Å²) in [6.45, 7) is 2.78. The Hall–Kier alpha value is -2.32. The second kappa shape index (κ2) is 5.35. The van der Waals surface area contributed by atoms with E-state index in [-0.39, 0.29) is 12.2 Å². The molecule has 2 heterocycles. The van der Waals surface area contributed by atoms with Crippen LogP contribution in [0, 0.1) is 0 Å². The quantitative estimate of drug-likeness (QED) is 0.896. The van der Waals surface area contributed by atoms with Crippen molar-refractivity contribution in [3.63, 3.8) is 0 Å². The third-order valence-corrected chi connectivity index (χ3v) is 2.58. The average Bonchev–Trinajstić information content (AvgIpc) is 3.04. The smallest absolute Gasteiger partial charge is 0.346 e. The van der Waals surface area contributed by atoms with E-state index in [9.17, 15) is 18.0 Å². The topological polar surface area (TPSA) is 75.6 Å². The summed E-state index contributed by atoms with van der Waals surface area (Å²) in [5, 5.41) is 11.6. The van der Waals surface area contributed by atoms with Gasteiger partial charge in [-0.1, -0.05) is 0 Å². The van der Waals surface area contributed by atoms with E-state index in [1.165, 1.54) is 0 Å². The summed E-state index contributed by atoms with van der Waals surface area (Å²) in [6.07, 6.45) is -1.23. The van der Waals surface area contributed by atoms with Crippen molar-refractivity contribution in [2.24, 2.45) is 0 Å². The van der Waals surface area contributed by atoms with Crippen molar-refractivity contribution in [2.45, 2.75) is 26.2 Å². The van der Waals surface area contributed by atoms with Crippen LogP contribution in [0.4, 0.5) is 13.2 Å². The third-order valence-electron chi connectivity index (χ3n) is 2.58. The lowest BCUT2D eigenvalue weighted by Gasteiger charge is -2.01. The molecular weight excluding hydrogens is 275 g/mol. The third kappa shape index (κ3) is 3.16. The highest BCUT2D eigenvalue weighted by atomic mass is 19.4. The van der Waals surface area contributed by atoms with Crippen molar-refractivity contribution >= 4 is 5.91 Å². The first-order valence-electron chi connectivity index (χ1n) is 5.82. The highest BCUT2D eigenvalue weighted by Crippen LogP contribution is 2.27. The molecule has 108 valence electrons. The molecule has 2 aromatic heterocycles. The molecule has 0 aliphatic carbocycles. The molecule has 9 heteroatoms. The number of alkyl halides is 3. The van der Waals surface area contributed by atoms with Crippen molar-refractivity contribution in [3.8, 4) is 0 Å². The molecule has 2 N–H and O–H groups in total. The number of halogens is 3. The van der Waals surface area contributed by atoms with Gasteiger partial charge in [0.1, 0.15) is 5.69 Å². The van der Waals surface area contributed by atoms with Crippen LogP contribution in [-0.4, -0.2) is 25.9 Å². The van der Waals surface area contributed by atoms with Crippen molar-refractivity contribution in [2.75, 3.05) is 0 Å². The van der Waals surface area contributed by atoms with Crippen molar-refractivity contribution in [1.29, 1.82) is 0 Å². The first kappa shape index (κ1) is 14.1. The zero-order chi connectivity index (χ0) is 14.8. The first-order valence-corrected chi connectivity index (χ1v) is 5.82. The summed E-state index contributed by atoms with van der Waals surface area (Å²) in [6, 6.07) is 0.671. The van der Waals surface area contributed by atoms with Gasteiger partial charge in [-0.15, -0.1) is 0 Å². The molecule has 1 amide bonds. The van der Waals surface area contributed by atoms with Crippen LogP contribution in [0.5, 0.6) is 0 Å². The van der Waals surface area contributed by atoms with Gasteiger partial charge in [-0.25, -0.2) is 0 Å². The molecule has 0 aliphatic rings. The van der Waals surface area contributed by atoms with Crippen molar-refractivity contribution in [1.82, 2.24) is 25.3 Å². The molecule has 0 fully saturated rings. The van der Waals surface area contributed by atoms with Crippen LogP contribution in [0.25, 0.3) is 0 Å². The highest BCUT2D eigenvalue weighted by molar-refractivity contribution is 5.92. The van der Waals surface area contributed by atoms with Gasteiger partial charge in [-0.2, -0.15) is 23.4 Å². The number of nitrogens with zero attached hydrogens (tertiary/aromatic N) is 3. The Morgan fingerprint density at radius 3 is 2.80 bits per heavy atom. The first-order chi connectivity index (χ1) is 9.40. The lowest BCUT2D eigenvalue weighted by atomic mass is 10.3. The number of H-pyrrole nitrogens is 1. The molecule has 6 nitrogen and oxygen atoms in total. The molecular formula is C11H12F3N5O. The Morgan fingerprint density at radius 2 is 2.25 bits per heavy atom. The fourth-order valence-corrected chi connectivity index (χ4v) is 1.53. The summed E-state index contributed by atoms with van der Waals surface area (Å²) in [5.74, 6) is -0.680. The SMILES string of the molecule is CCn1cc(CNC(=O)c2cc(C(F)(F)F)[nH]n2)cn1. The van der Waals surface area contributed by atoms with E-state index in [1.807, 2.05) is 6.92 Å². The minimum atomic E-state index is -4.55. The van der Waals surface area contributed by atoms with E-state index in [2.05, 4.69) is 15.5 Å². The highest BCUT2D eigenvalue weighted by Gasteiger charge is 2.33. The second-order valence-electron chi connectivity index (χ2n) is 4.05. The van der Waals surface area contributed by atoms with Gasteiger partial charge >= 0.3 is 6.18 Å². The number of rotatable bonds is 4. The maximum Gasteiger partial charge on any atom is 0.432 e. The van der Waals surface area contributed by atoms with E-state index >= 15 is 0 Å². The zero-order valence-electron chi connectivity index (χ0n) is 10.5. The van der Waals surface area contributed by atoms with Crippen molar-refractivity contribution in [3.05, 3.63) is 35.4 Å².